The number of nitrogens with zero attached hydrogens (tertiary/aromatic N) is 5. The lowest BCUT2D eigenvalue weighted by molar-refractivity contribution is -0.384. The first-order chi connectivity index (χ1) is 29.9. The SMILES string of the molecule is O=C(N[C@@H]1CCCCC/C=C\[C@@H]2C[C@@]2(C(=O)NS(=O)(=O)C2CC2)NC(=O)[C@@H]2C[C@@H](Oc3cc(-c4ccc([N+](=O)[O-])cc4)nc4c5ccccc5nn34)CN2C1=O)OC1CCCC1. The zero-order valence-corrected chi connectivity index (χ0v) is 34.8. The van der Waals surface area contributed by atoms with Crippen LogP contribution < -0.4 is 20.1 Å². The molecule has 4 heterocycles. The number of hydrogen-bond donors (Lipinski definition) is 3. The van der Waals surface area contributed by atoms with Crippen LogP contribution in [0.15, 0.2) is 66.7 Å². The van der Waals surface area contributed by atoms with E-state index in [2.05, 4.69) is 15.4 Å². The van der Waals surface area contributed by atoms with E-state index in [9.17, 15) is 37.7 Å². The molecule has 326 valence electrons. The minimum atomic E-state index is -3.94. The summed E-state index contributed by atoms with van der Waals surface area (Å²) in [5, 5.41) is 21.9. The molecule has 5 aliphatic rings. The van der Waals surface area contributed by atoms with Gasteiger partial charge >= 0.3 is 6.09 Å². The maximum Gasteiger partial charge on any atom is 0.408 e. The Balaban J connectivity index is 1.05. The molecule has 19 heteroatoms. The molecular formula is C43H48N8O10S. The first-order valence-corrected chi connectivity index (χ1v) is 23.0. The van der Waals surface area contributed by atoms with Crippen molar-refractivity contribution in [2.24, 2.45) is 5.92 Å². The van der Waals surface area contributed by atoms with Gasteiger partial charge in [-0.3, -0.25) is 29.2 Å². The Morgan fingerprint density at radius 3 is 2.47 bits per heavy atom. The maximum atomic E-state index is 14.8. The largest absolute Gasteiger partial charge is 0.472 e. The number of benzene rings is 2. The summed E-state index contributed by atoms with van der Waals surface area (Å²) in [7, 11) is -3.94. The van der Waals surface area contributed by atoms with Gasteiger partial charge in [0.2, 0.25) is 27.7 Å². The summed E-state index contributed by atoms with van der Waals surface area (Å²) in [6.45, 7) is -0.0944. The quantitative estimate of drug-likeness (QED) is 0.116. The average Bonchev–Trinajstić information content (AvgIpc) is 4.06. The van der Waals surface area contributed by atoms with Crippen LogP contribution in [0, 0.1) is 16.0 Å². The van der Waals surface area contributed by atoms with Gasteiger partial charge in [-0.15, -0.1) is 0 Å². The second-order valence-electron chi connectivity index (χ2n) is 17.0. The molecule has 4 fully saturated rings. The molecule has 5 atom stereocenters. The van der Waals surface area contributed by atoms with Gasteiger partial charge in [0.15, 0.2) is 5.65 Å². The van der Waals surface area contributed by atoms with Crippen molar-refractivity contribution in [3.8, 4) is 17.1 Å². The van der Waals surface area contributed by atoms with Crippen LogP contribution in [0.25, 0.3) is 27.8 Å². The highest BCUT2D eigenvalue weighted by Gasteiger charge is 2.62. The van der Waals surface area contributed by atoms with Crippen molar-refractivity contribution in [3.63, 3.8) is 0 Å². The fraction of sp³-hybridized carbons (Fsp3) is 0.488. The molecule has 4 amide bonds. The number of carbonyl (C=O) groups is 4. The van der Waals surface area contributed by atoms with E-state index in [4.69, 9.17) is 19.6 Å². The number of non-ortho nitro benzene ring substituents is 1. The molecule has 1 saturated heterocycles. The van der Waals surface area contributed by atoms with Crippen LogP contribution in [0.1, 0.15) is 83.5 Å². The number of aromatic nitrogens is 3. The van der Waals surface area contributed by atoms with Gasteiger partial charge in [0.05, 0.1) is 27.9 Å². The number of carbonyl (C=O) groups excluding carboxylic acids is 4. The van der Waals surface area contributed by atoms with Crippen LogP contribution in [0.2, 0.25) is 0 Å². The van der Waals surface area contributed by atoms with Crippen molar-refractivity contribution >= 4 is 56.1 Å². The summed E-state index contributed by atoms with van der Waals surface area (Å²) in [5.74, 6) is -2.26. The van der Waals surface area contributed by atoms with Gasteiger partial charge in [0.1, 0.15) is 29.8 Å². The lowest BCUT2D eigenvalue weighted by atomic mass is 10.0. The highest BCUT2D eigenvalue weighted by molar-refractivity contribution is 7.91. The minimum Gasteiger partial charge on any atom is -0.472 e. The lowest BCUT2D eigenvalue weighted by Crippen LogP contribution is -2.58. The third-order valence-electron chi connectivity index (χ3n) is 12.6. The highest BCUT2D eigenvalue weighted by atomic mass is 32.2. The molecule has 62 heavy (non-hydrogen) atoms. The number of amides is 4. The van der Waals surface area contributed by atoms with E-state index in [0.29, 0.717) is 53.5 Å². The number of nitro groups is 1. The smallest absolute Gasteiger partial charge is 0.408 e. The van der Waals surface area contributed by atoms with Crippen molar-refractivity contribution in [2.45, 2.75) is 119 Å². The zero-order chi connectivity index (χ0) is 43.2. The lowest BCUT2D eigenvalue weighted by Gasteiger charge is -2.30. The Labute approximate surface area is 357 Å². The molecule has 3 N–H and O–H groups in total. The molecule has 2 aromatic heterocycles. The summed E-state index contributed by atoms with van der Waals surface area (Å²) >= 11 is 0. The molecule has 9 rings (SSSR count). The van der Waals surface area contributed by atoms with Gasteiger partial charge in [-0.1, -0.05) is 37.1 Å². The standard InChI is InChI=1S/C43H48N8O10S/c52-39-36-22-30(60-37-23-35(26-16-18-28(19-17-26)51(56)57)44-38-32-13-8-9-14-33(32)47-50(37)38)25-49(36)40(53)34(45-42(55)61-29-11-6-7-12-29)15-5-3-1-2-4-10-27-24-43(27,46-39)41(54)48-62(58,59)31-20-21-31/h4,8-10,13-14,16-19,23,27,29-31,34,36H,1-3,5-7,11-12,15,20-22,24-25H2,(H,45,55)(H,46,52)(H,48,54)/b10-4-/t27-,30-,34-,36+,43-/m1/s1. The van der Waals surface area contributed by atoms with E-state index in [1.807, 2.05) is 36.4 Å². The second kappa shape index (κ2) is 16.6. The van der Waals surface area contributed by atoms with Crippen molar-refractivity contribution in [1.82, 2.24) is 34.9 Å². The van der Waals surface area contributed by atoms with Crippen LogP contribution in [0.3, 0.4) is 0 Å². The maximum absolute atomic E-state index is 14.8. The number of ether oxygens (including phenoxy) is 2. The summed E-state index contributed by atoms with van der Waals surface area (Å²) in [4.78, 5) is 73.7. The highest BCUT2D eigenvalue weighted by Crippen LogP contribution is 2.46. The van der Waals surface area contributed by atoms with Crippen LogP contribution in [0.4, 0.5) is 10.5 Å². The van der Waals surface area contributed by atoms with Gasteiger partial charge < -0.3 is 25.0 Å². The number of sulfonamides is 1. The Hall–Kier alpha value is -6.11. The van der Waals surface area contributed by atoms with Crippen LogP contribution >= 0.6 is 0 Å². The Morgan fingerprint density at radius 2 is 1.71 bits per heavy atom. The van der Waals surface area contributed by atoms with Crippen LogP contribution in [0.5, 0.6) is 5.88 Å². The van der Waals surface area contributed by atoms with E-state index in [0.717, 1.165) is 38.5 Å². The van der Waals surface area contributed by atoms with Crippen LogP contribution in [-0.2, 0) is 29.1 Å². The number of alkyl carbamates (subject to hydrolysis) is 1. The molecule has 3 aliphatic carbocycles. The number of nitrogens with one attached hydrogen (secondary N) is 3. The Morgan fingerprint density at radius 1 is 0.952 bits per heavy atom. The molecule has 4 aromatic rings. The van der Waals surface area contributed by atoms with E-state index >= 15 is 0 Å². The Kier molecular flexibility index (Phi) is 11.1. The van der Waals surface area contributed by atoms with Gasteiger partial charge in [-0.25, -0.2) is 18.2 Å². The molecule has 0 spiro atoms. The first-order valence-electron chi connectivity index (χ1n) is 21.4. The number of allylic oxidation sites excluding steroid dienone is 1. The fourth-order valence-corrected chi connectivity index (χ4v) is 10.3. The second-order valence-corrected chi connectivity index (χ2v) is 19.0. The molecule has 3 saturated carbocycles. The summed E-state index contributed by atoms with van der Waals surface area (Å²) < 4.78 is 42.1. The van der Waals surface area contributed by atoms with E-state index in [-0.39, 0.29) is 43.5 Å². The molecule has 0 unspecified atom stereocenters. The van der Waals surface area contributed by atoms with Crippen molar-refractivity contribution in [1.29, 1.82) is 0 Å². The Bertz CT molecular complexity index is 2570. The van der Waals surface area contributed by atoms with E-state index in [1.54, 1.807) is 18.2 Å². The molecule has 2 aliphatic heterocycles. The number of rotatable bonds is 9. The van der Waals surface area contributed by atoms with Gasteiger partial charge in [-0.05, 0) is 88.5 Å². The van der Waals surface area contributed by atoms with Gasteiger partial charge in [0.25, 0.3) is 11.6 Å². The number of hydrogen-bond acceptors (Lipinski definition) is 12. The van der Waals surface area contributed by atoms with Crippen molar-refractivity contribution in [2.75, 3.05) is 6.54 Å². The molecule has 0 bridgehead atoms. The van der Waals surface area contributed by atoms with Gasteiger partial charge in [0, 0.05) is 41.5 Å². The van der Waals surface area contributed by atoms with Gasteiger partial charge in [-0.2, -0.15) is 9.61 Å². The summed E-state index contributed by atoms with van der Waals surface area (Å²) in [6.07, 6.45) is 9.49. The first kappa shape index (κ1) is 41.3. The normalized spacial score (nSPS) is 26.4. The van der Waals surface area contributed by atoms with Crippen LogP contribution in [-0.4, -0.2) is 98.3 Å². The zero-order valence-electron chi connectivity index (χ0n) is 33.9. The third kappa shape index (κ3) is 8.41. The monoisotopic (exact) mass is 868 g/mol. The predicted octanol–water partition coefficient (Wildman–Crippen LogP) is 4.85. The molecular weight excluding hydrogens is 821 g/mol. The summed E-state index contributed by atoms with van der Waals surface area (Å²) in [6, 6.07) is 12.7. The molecule has 0 radical (unpaired) electrons. The van der Waals surface area contributed by atoms with E-state index in [1.165, 1.54) is 21.5 Å². The average molecular weight is 869 g/mol. The predicted molar refractivity (Wildman–Crippen MR) is 224 cm³/mol. The number of nitro benzene ring substituents is 1. The van der Waals surface area contributed by atoms with Crippen molar-refractivity contribution in [3.05, 3.63) is 76.9 Å². The topological polar surface area (TPSA) is 234 Å². The molecule has 18 nitrogen and oxygen atoms in total. The number of fused-ring (bicyclic) bond motifs is 5. The molecule has 2 aromatic carbocycles. The summed E-state index contributed by atoms with van der Waals surface area (Å²) in [5.41, 5.74) is 0.425. The minimum absolute atomic E-state index is 0.0349. The van der Waals surface area contributed by atoms with E-state index < -0.39 is 73.7 Å². The third-order valence-corrected chi connectivity index (χ3v) is 14.4. The fourth-order valence-electron chi connectivity index (χ4n) is 8.94. The van der Waals surface area contributed by atoms with Crippen molar-refractivity contribution < 1.29 is 42.0 Å².